The largest absolute Gasteiger partial charge is 0.274 e. The van der Waals surface area contributed by atoms with Gasteiger partial charge in [0.05, 0.1) is 0 Å². The molecule has 0 spiro atoms. The molecule has 4 aliphatic carbocycles. The normalized spacial score (nSPS) is 46.2. The van der Waals surface area contributed by atoms with Crippen LogP contribution < -0.4 is 9.86 Å². The van der Waals surface area contributed by atoms with E-state index in [1.165, 1.54) is 32.1 Å². The Hall–Kier alpha value is -0.130. The van der Waals surface area contributed by atoms with Crippen molar-refractivity contribution in [3.63, 3.8) is 0 Å². The Morgan fingerprint density at radius 2 is 1.50 bits per heavy atom. The Morgan fingerprint density at radius 3 is 1.94 bits per heavy atom. The Balaban J connectivity index is 1.68. The fourth-order valence-corrected chi connectivity index (χ4v) is 5.01. The number of hydrogen-bond acceptors (Lipinski definition) is 2. The second kappa shape index (κ2) is 3.68. The van der Waals surface area contributed by atoms with E-state index in [4.69, 9.17) is 5.14 Å². The van der Waals surface area contributed by atoms with E-state index in [0.29, 0.717) is 12.5 Å². The van der Waals surface area contributed by atoms with E-state index in [-0.39, 0.29) is 0 Å². The molecule has 3 N–H and O–H groups in total. The molecule has 0 heterocycles. The Morgan fingerprint density at radius 1 is 1.00 bits per heavy atom. The van der Waals surface area contributed by atoms with E-state index in [0.717, 1.165) is 23.7 Å². The molecular formula is C11H20N2O2S. The van der Waals surface area contributed by atoms with Crippen LogP contribution >= 0.6 is 0 Å². The second-order valence-electron chi connectivity index (χ2n) is 5.99. The number of nitrogens with two attached hydrogens (primary N) is 1. The van der Waals surface area contributed by atoms with Gasteiger partial charge in [0.15, 0.2) is 0 Å². The number of rotatable bonds is 3. The summed E-state index contributed by atoms with van der Waals surface area (Å²) >= 11 is 0. The molecular weight excluding hydrogens is 224 g/mol. The molecule has 0 saturated heterocycles. The van der Waals surface area contributed by atoms with Crippen molar-refractivity contribution < 1.29 is 8.42 Å². The first kappa shape index (κ1) is 11.0. The van der Waals surface area contributed by atoms with E-state index >= 15 is 0 Å². The zero-order chi connectivity index (χ0) is 11.3. The standard InChI is InChI=1S/C11H20N2O2S/c12-16(14,15)13-6-11-9-2-7-1-8(4-9)5-10(11)3-7/h7-11,13H,1-6H2,(H2,12,14,15). The molecule has 4 bridgehead atoms. The summed E-state index contributed by atoms with van der Waals surface area (Å²) in [4.78, 5) is 0. The van der Waals surface area contributed by atoms with E-state index in [1.54, 1.807) is 0 Å². The Labute approximate surface area is 97.2 Å². The van der Waals surface area contributed by atoms with Crippen LogP contribution in [-0.2, 0) is 10.2 Å². The van der Waals surface area contributed by atoms with Gasteiger partial charge >= 0.3 is 0 Å². The average Bonchev–Trinajstić information content (AvgIpc) is 2.13. The van der Waals surface area contributed by atoms with Gasteiger partial charge in [0.1, 0.15) is 0 Å². The summed E-state index contributed by atoms with van der Waals surface area (Å²) in [5.74, 6) is 3.93. The molecule has 4 saturated carbocycles. The van der Waals surface area contributed by atoms with E-state index < -0.39 is 10.2 Å². The molecule has 16 heavy (non-hydrogen) atoms. The van der Waals surface area contributed by atoms with Crippen molar-refractivity contribution in [1.29, 1.82) is 0 Å². The van der Waals surface area contributed by atoms with Crippen molar-refractivity contribution in [3.8, 4) is 0 Å². The van der Waals surface area contributed by atoms with Crippen molar-refractivity contribution >= 4 is 10.2 Å². The smallest absolute Gasteiger partial charge is 0.216 e. The first-order chi connectivity index (χ1) is 7.51. The van der Waals surface area contributed by atoms with Crippen molar-refractivity contribution in [2.24, 2.45) is 34.7 Å². The van der Waals surface area contributed by atoms with Gasteiger partial charge in [-0.2, -0.15) is 8.42 Å². The SMILES string of the molecule is NS(=O)(=O)NCC1C2CC3CC(C2)CC1C3. The molecule has 0 atom stereocenters. The summed E-state index contributed by atoms with van der Waals surface area (Å²) < 4.78 is 24.4. The zero-order valence-electron chi connectivity index (χ0n) is 9.43. The number of nitrogens with one attached hydrogen (secondary N) is 1. The van der Waals surface area contributed by atoms with E-state index in [2.05, 4.69) is 4.72 Å². The second-order valence-corrected chi connectivity index (χ2v) is 7.37. The highest BCUT2D eigenvalue weighted by Crippen LogP contribution is 2.56. The molecule has 0 unspecified atom stereocenters. The quantitative estimate of drug-likeness (QED) is 0.772. The van der Waals surface area contributed by atoms with Crippen LogP contribution in [0, 0.1) is 29.6 Å². The molecule has 0 radical (unpaired) electrons. The summed E-state index contributed by atoms with van der Waals surface area (Å²) in [5.41, 5.74) is 0. The van der Waals surface area contributed by atoms with E-state index in [9.17, 15) is 8.42 Å². The molecule has 4 fully saturated rings. The molecule has 92 valence electrons. The summed E-state index contributed by atoms with van der Waals surface area (Å²) in [6, 6.07) is 0. The third kappa shape index (κ3) is 2.00. The predicted molar refractivity (Wildman–Crippen MR) is 61.6 cm³/mol. The first-order valence-corrected chi connectivity index (χ1v) is 7.83. The van der Waals surface area contributed by atoms with Crippen LogP contribution in [0.25, 0.3) is 0 Å². The van der Waals surface area contributed by atoms with Crippen LogP contribution in [0.4, 0.5) is 0 Å². The molecule has 4 rings (SSSR count). The van der Waals surface area contributed by atoms with Crippen molar-refractivity contribution in [2.75, 3.05) is 6.54 Å². The maximum atomic E-state index is 10.9. The Bertz CT molecular complexity index is 351. The fourth-order valence-electron chi connectivity index (χ4n) is 4.58. The van der Waals surface area contributed by atoms with Crippen molar-refractivity contribution in [1.82, 2.24) is 4.72 Å². The summed E-state index contributed by atoms with van der Waals surface area (Å²) in [6.07, 6.45) is 6.73. The van der Waals surface area contributed by atoms with Crippen molar-refractivity contribution in [3.05, 3.63) is 0 Å². The van der Waals surface area contributed by atoms with E-state index in [1.807, 2.05) is 0 Å². The summed E-state index contributed by atoms with van der Waals surface area (Å²) in [7, 11) is -3.51. The van der Waals surface area contributed by atoms with Crippen LogP contribution in [0.3, 0.4) is 0 Å². The predicted octanol–water partition coefficient (Wildman–Crippen LogP) is 0.852. The lowest BCUT2D eigenvalue weighted by Gasteiger charge is -2.54. The first-order valence-electron chi connectivity index (χ1n) is 6.28. The zero-order valence-corrected chi connectivity index (χ0v) is 10.2. The Kier molecular flexibility index (Phi) is 2.53. The highest BCUT2D eigenvalue weighted by atomic mass is 32.2. The van der Waals surface area contributed by atoms with Crippen LogP contribution in [0.2, 0.25) is 0 Å². The maximum Gasteiger partial charge on any atom is 0.274 e. The fraction of sp³-hybridized carbons (Fsp3) is 1.00. The van der Waals surface area contributed by atoms with Crippen LogP contribution in [0.1, 0.15) is 32.1 Å². The summed E-state index contributed by atoms with van der Waals surface area (Å²) in [6.45, 7) is 0.563. The van der Waals surface area contributed by atoms with Gasteiger partial charge in [-0.25, -0.2) is 9.86 Å². The van der Waals surface area contributed by atoms with Gasteiger partial charge in [0, 0.05) is 6.54 Å². The molecule has 0 aromatic carbocycles. The van der Waals surface area contributed by atoms with Gasteiger partial charge in [0.25, 0.3) is 10.2 Å². The van der Waals surface area contributed by atoms with Gasteiger partial charge < -0.3 is 0 Å². The molecule has 0 aromatic heterocycles. The molecule has 0 amide bonds. The molecule has 0 aromatic rings. The van der Waals surface area contributed by atoms with Crippen LogP contribution in [-0.4, -0.2) is 15.0 Å². The molecule has 5 heteroatoms. The third-order valence-corrected chi connectivity index (χ3v) is 5.51. The average molecular weight is 244 g/mol. The van der Waals surface area contributed by atoms with Crippen molar-refractivity contribution in [2.45, 2.75) is 32.1 Å². The van der Waals surface area contributed by atoms with Gasteiger partial charge in [-0.05, 0) is 61.7 Å². The summed E-state index contributed by atoms with van der Waals surface area (Å²) in [5, 5.41) is 5.00. The highest BCUT2D eigenvalue weighted by Gasteiger charge is 2.47. The van der Waals surface area contributed by atoms with Gasteiger partial charge in [0.2, 0.25) is 0 Å². The minimum absolute atomic E-state index is 0.547. The third-order valence-electron chi connectivity index (χ3n) is 4.94. The lowest BCUT2D eigenvalue weighted by Crippen LogP contribution is -2.49. The molecule has 4 aliphatic rings. The minimum atomic E-state index is -3.51. The van der Waals surface area contributed by atoms with Crippen LogP contribution in [0.5, 0.6) is 0 Å². The topological polar surface area (TPSA) is 72.2 Å². The monoisotopic (exact) mass is 244 g/mol. The van der Waals surface area contributed by atoms with Gasteiger partial charge in [-0.1, -0.05) is 0 Å². The minimum Gasteiger partial charge on any atom is -0.216 e. The molecule has 4 nitrogen and oxygen atoms in total. The molecule has 0 aliphatic heterocycles. The highest BCUT2D eigenvalue weighted by molar-refractivity contribution is 7.87. The van der Waals surface area contributed by atoms with Gasteiger partial charge in [-0.3, -0.25) is 0 Å². The lowest BCUT2D eigenvalue weighted by molar-refractivity contribution is -0.0335. The van der Waals surface area contributed by atoms with Crippen LogP contribution in [0.15, 0.2) is 0 Å². The lowest BCUT2D eigenvalue weighted by atomic mass is 9.52. The maximum absolute atomic E-state index is 10.9. The van der Waals surface area contributed by atoms with Gasteiger partial charge in [-0.15, -0.1) is 0 Å². The number of hydrogen-bond donors (Lipinski definition) is 2.